The third kappa shape index (κ3) is 5.94. The fourth-order valence-corrected chi connectivity index (χ4v) is 3.80. The maximum atomic E-state index is 12.6. The van der Waals surface area contributed by atoms with Gasteiger partial charge in [0.05, 0.1) is 12.8 Å². The monoisotopic (exact) mass is 456 g/mol. The summed E-state index contributed by atoms with van der Waals surface area (Å²) in [5.41, 5.74) is 4.54. The van der Waals surface area contributed by atoms with Crippen LogP contribution >= 0.6 is 0 Å². The van der Waals surface area contributed by atoms with Crippen molar-refractivity contribution in [1.29, 1.82) is 0 Å². The highest BCUT2D eigenvalue weighted by molar-refractivity contribution is 5.88. The van der Waals surface area contributed by atoms with Gasteiger partial charge < -0.3 is 18.9 Å². The Bertz CT molecular complexity index is 975. The van der Waals surface area contributed by atoms with E-state index in [4.69, 9.17) is 23.8 Å². The summed E-state index contributed by atoms with van der Waals surface area (Å²) in [7, 11) is 1.56. The fourth-order valence-electron chi connectivity index (χ4n) is 3.80. The van der Waals surface area contributed by atoms with Crippen molar-refractivity contribution in [1.82, 2.24) is 5.48 Å². The second kappa shape index (κ2) is 11.0. The summed E-state index contributed by atoms with van der Waals surface area (Å²) in [5, 5.41) is 2.71. The third-order valence-corrected chi connectivity index (χ3v) is 5.54. The molecule has 9 nitrogen and oxygen atoms in total. The number of hydroxylamine groups is 1. The lowest BCUT2D eigenvalue weighted by Gasteiger charge is -2.28. The van der Waals surface area contributed by atoms with Crippen LogP contribution in [-0.2, 0) is 32.1 Å². The van der Waals surface area contributed by atoms with Gasteiger partial charge in [-0.2, -0.15) is 0 Å². The Hall–Kier alpha value is -3.30. The molecule has 0 saturated carbocycles. The lowest BCUT2D eigenvalue weighted by Crippen LogP contribution is -2.43. The molecule has 0 spiro atoms. The first-order chi connectivity index (χ1) is 16.1. The van der Waals surface area contributed by atoms with Crippen molar-refractivity contribution in [3.8, 4) is 11.5 Å². The molecule has 176 valence electrons. The minimum Gasteiger partial charge on any atom is -0.496 e. The van der Waals surface area contributed by atoms with Crippen molar-refractivity contribution in [2.24, 2.45) is 0 Å². The van der Waals surface area contributed by atoms with Gasteiger partial charge in [0.15, 0.2) is 12.4 Å². The summed E-state index contributed by atoms with van der Waals surface area (Å²) >= 11 is 0. The molecule has 1 saturated heterocycles. The van der Waals surface area contributed by atoms with Crippen LogP contribution in [0.3, 0.4) is 0 Å². The number of anilines is 1. The minimum absolute atomic E-state index is 0.0529. The number of nitrogens with one attached hydrogen (secondary N) is 2. The molecular weight excluding hydrogens is 428 g/mol. The molecule has 1 unspecified atom stereocenters. The van der Waals surface area contributed by atoms with Gasteiger partial charge in [0.1, 0.15) is 18.1 Å². The van der Waals surface area contributed by atoms with Gasteiger partial charge in [-0.1, -0.05) is 30.3 Å². The van der Waals surface area contributed by atoms with Crippen molar-refractivity contribution in [2.75, 3.05) is 19.0 Å². The van der Waals surface area contributed by atoms with Gasteiger partial charge in [-0.05, 0) is 43.4 Å². The molecule has 9 heteroatoms. The van der Waals surface area contributed by atoms with Gasteiger partial charge in [0.2, 0.25) is 0 Å². The Balaban J connectivity index is 1.34. The number of hydrogen-bond acceptors (Lipinski definition) is 7. The van der Waals surface area contributed by atoms with E-state index in [-0.39, 0.29) is 12.5 Å². The van der Waals surface area contributed by atoms with E-state index in [1.54, 1.807) is 19.2 Å². The van der Waals surface area contributed by atoms with Gasteiger partial charge >= 0.3 is 6.09 Å². The molecule has 0 aromatic heterocycles. The normalized spacial score (nSPS) is 19.5. The molecule has 0 radical (unpaired) electrons. The fraction of sp³-hybridized carbons (Fsp3) is 0.417. The molecule has 2 amide bonds. The SMILES string of the molecule is COc1ccccc1COC(=O)Nc1cccc2c1O[C@H](C(=O)NOC1CCCCO1)CC2. The quantitative estimate of drug-likeness (QED) is 0.612. The van der Waals surface area contributed by atoms with Gasteiger partial charge in [-0.25, -0.2) is 15.1 Å². The van der Waals surface area contributed by atoms with Crippen LogP contribution in [0.1, 0.15) is 36.8 Å². The lowest BCUT2D eigenvalue weighted by molar-refractivity contribution is -0.203. The van der Waals surface area contributed by atoms with Gasteiger partial charge in [0.25, 0.3) is 5.91 Å². The zero-order chi connectivity index (χ0) is 23.0. The topological polar surface area (TPSA) is 104 Å². The minimum atomic E-state index is -0.742. The number of benzene rings is 2. The number of rotatable bonds is 7. The number of para-hydroxylation sites is 2. The molecule has 1 fully saturated rings. The predicted molar refractivity (Wildman–Crippen MR) is 119 cm³/mol. The molecule has 2 atom stereocenters. The van der Waals surface area contributed by atoms with Crippen LogP contribution in [0, 0.1) is 0 Å². The van der Waals surface area contributed by atoms with E-state index in [0.29, 0.717) is 36.6 Å². The first-order valence-electron chi connectivity index (χ1n) is 11.1. The van der Waals surface area contributed by atoms with Crippen LogP contribution in [0.5, 0.6) is 11.5 Å². The molecule has 2 aromatic carbocycles. The Morgan fingerprint density at radius 2 is 1.97 bits per heavy atom. The molecule has 0 aliphatic carbocycles. The van der Waals surface area contributed by atoms with Gasteiger partial charge in [-0.15, -0.1) is 0 Å². The van der Waals surface area contributed by atoms with E-state index in [1.165, 1.54) is 0 Å². The molecule has 2 heterocycles. The first-order valence-corrected chi connectivity index (χ1v) is 11.1. The van der Waals surface area contributed by atoms with Crippen molar-refractivity contribution < 1.29 is 33.4 Å². The zero-order valence-corrected chi connectivity index (χ0v) is 18.5. The highest BCUT2D eigenvalue weighted by Gasteiger charge is 2.29. The van der Waals surface area contributed by atoms with E-state index >= 15 is 0 Å². The Kier molecular flexibility index (Phi) is 7.64. The van der Waals surface area contributed by atoms with E-state index in [1.807, 2.05) is 30.3 Å². The molecule has 33 heavy (non-hydrogen) atoms. The predicted octanol–water partition coefficient (Wildman–Crippen LogP) is 3.71. The second-order valence-corrected chi connectivity index (χ2v) is 7.83. The number of hydrogen-bond donors (Lipinski definition) is 2. The molecular formula is C24H28N2O7. The summed E-state index contributed by atoms with van der Waals surface area (Å²) in [6.07, 6.45) is 2.03. The van der Waals surface area contributed by atoms with Crippen LogP contribution in [0.4, 0.5) is 10.5 Å². The van der Waals surface area contributed by atoms with E-state index < -0.39 is 18.5 Å². The first kappa shape index (κ1) is 22.9. The third-order valence-electron chi connectivity index (χ3n) is 5.54. The standard InChI is InChI=1S/C24H28N2O7/c1-29-19-10-3-2-7-17(19)15-31-24(28)25-18-9-6-8-16-12-13-20(32-22(16)18)23(27)26-33-21-11-4-5-14-30-21/h2-3,6-10,20-21H,4-5,11-15H2,1H3,(H,25,28)(H,26,27)/t20-,21?/m0/s1. The molecule has 2 aliphatic rings. The number of fused-ring (bicyclic) bond motifs is 1. The number of carbonyl (C=O) groups is 2. The maximum Gasteiger partial charge on any atom is 0.412 e. The van der Waals surface area contributed by atoms with Crippen LogP contribution in [0.15, 0.2) is 42.5 Å². The van der Waals surface area contributed by atoms with E-state index in [2.05, 4.69) is 10.8 Å². The Labute approximate surface area is 192 Å². The van der Waals surface area contributed by atoms with E-state index in [0.717, 1.165) is 30.4 Å². The number of aryl methyl sites for hydroxylation is 1. The highest BCUT2D eigenvalue weighted by Crippen LogP contribution is 2.35. The smallest absolute Gasteiger partial charge is 0.412 e. The highest BCUT2D eigenvalue weighted by atomic mass is 16.8. The average molecular weight is 456 g/mol. The Morgan fingerprint density at radius 1 is 1.09 bits per heavy atom. The van der Waals surface area contributed by atoms with Gasteiger partial charge in [-0.3, -0.25) is 10.1 Å². The van der Waals surface area contributed by atoms with Crippen molar-refractivity contribution in [2.45, 2.75) is 51.1 Å². The van der Waals surface area contributed by atoms with Crippen LogP contribution in [0.25, 0.3) is 0 Å². The summed E-state index contributed by atoms with van der Waals surface area (Å²) in [6.45, 7) is 0.674. The van der Waals surface area contributed by atoms with Crippen LogP contribution < -0.4 is 20.3 Å². The summed E-state index contributed by atoms with van der Waals surface area (Å²) in [6, 6.07) is 12.7. The number of ether oxygens (including phenoxy) is 4. The van der Waals surface area contributed by atoms with Crippen LogP contribution in [0.2, 0.25) is 0 Å². The van der Waals surface area contributed by atoms with Gasteiger partial charge in [0, 0.05) is 18.6 Å². The molecule has 0 bridgehead atoms. The number of methoxy groups -OCH3 is 1. The number of carbonyl (C=O) groups excluding carboxylic acids is 2. The van der Waals surface area contributed by atoms with Crippen molar-refractivity contribution in [3.05, 3.63) is 53.6 Å². The lowest BCUT2D eigenvalue weighted by atomic mass is 10.0. The molecule has 4 rings (SSSR count). The molecule has 2 aliphatic heterocycles. The summed E-state index contributed by atoms with van der Waals surface area (Å²) in [4.78, 5) is 30.4. The summed E-state index contributed by atoms with van der Waals surface area (Å²) < 4.78 is 22.0. The second-order valence-electron chi connectivity index (χ2n) is 7.83. The molecule has 2 N–H and O–H groups in total. The Morgan fingerprint density at radius 3 is 2.79 bits per heavy atom. The largest absolute Gasteiger partial charge is 0.496 e. The van der Waals surface area contributed by atoms with Crippen molar-refractivity contribution >= 4 is 17.7 Å². The zero-order valence-electron chi connectivity index (χ0n) is 18.5. The summed E-state index contributed by atoms with van der Waals surface area (Å²) in [5.74, 6) is 0.704. The molecule has 2 aromatic rings. The van der Waals surface area contributed by atoms with Crippen LogP contribution in [-0.4, -0.2) is 38.1 Å². The van der Waals surface area contributed by atoms with E-state index in [9.17, 15) is 9.59 Å². The average Bonchev–Trinajstić information content (AvgIpc) is 2.86. The van der Waals surface area contributed by atoms with Crippen molar-refractivity contribution in [3.63, 3.8) is 0 Å². The maximum absolute atomic E-state index is 12.6. The number of amides is 2.